The van der Waals surface area contributed by atoms with Gasteiger partial charge in [0.1, 0.15) is 0 Å². The Morgan fingerprint density at radius 2 is 1.79 bits per heavy atom. The molecular formula is C24H37N3O4S2. The molecule has 2 atom stereocenters. The van der Waals surface area contributed by atoms with E-state index in [0.717, 1.165) is 23.3 Å². The van der Waals surface area contributed by atoms with E-state index in [1.165, 1.54) is 4.31 Å². The summed E-state index contributed by atoms with van der Waals surface area (Å²) in [4.78, 5) is 13.7. The number of amides is 1. The van der Waals surface area contributed by atoms with Gasteiger partial charge in [-0.15, -0.1) is 11.3 Å². The number of aliphatic hydroxyl groups excluding tert-OH is 1. The minimum atomic E-state index is -3.49. The zero-order valence-corrected chi connectivity index (χ0v) is 21.2. The highest BCUT2D eigenvalue weighted by molar-refractivity contribution is 7.89. The lowest BCUT2D eigenvalue weighted by molar-refractivity contribution is -0.122. The van der Waals surface area contributed by atoms with Crippen LogP contribution in [0.3, 0.4) is 0 Å². The highest BCUT2D eigenvalue weighted by Crippen LogP contribution is 2.14. The van der Waals surface area contributed by atoms with Gasteiger partial charge in [-0.1, -0.05) is 50.2 Å². The summed E-state index contributed by atoms with van der Waals surface area (Å²) in [5.74, 6) is -0.595. The molecule has 1 amide bonds. The van der Waals surface area contributed by atoms with Crippen LogP contribution in [0.5, 0.6) is 0 Å². The molecule has 0 unspecified atom stereocenters. The highest BCUT2D eigenvalue weighted by atomic mass is 32.2. The Labute approximate surface area is 202 Å². The molecule has 184 valence electrons. The average Bonchev–Trinajstić information content (AvgIpc) is 3.31. The van der Waals surface area contributed by atoms with Gasteiger partial charge >= 0.3 is 0 Å². The summed E-state index contributed by atoms with van der Waals surface area (Å²) in [6, 6.07) is 13.3. The predicted molar refractivity (Wildman–Crippen MR) is 135 cm³/mol. The summed E-state index contributed by atoms with van der Waals surface area (Å²) in [7, 11) is -3.49. The van der Waals surface area contributed by atoms with E-state index in [4.69, 9.17) is 0 Å². The molecule has 33 heavy (non-hydrogen) atoms. The summed E-state index contributed by atoms with van der Waals surface area (Å²) in [6.07, 6.45) is 1.01. The smallest absolute Gasteiger partial charge is 0.221 e. The van der Waals surface area contributed by atoms with E-state index in [2.05, 4.69) is 10.6 Å². The van der Waals surface area contributed by atoms with Crippen LogP contribution in [-0.2, 0) is 27.8 Å². The molecule has 3 N–H and O–H groups in total. The van der Waals surface area contributed by atoms with Crippen LogP contribution in [-0.4, -0.2) is 61.3 Å². The predicted octanol–water partition coefficient (Wildman–Crippen LogP) is 2.77. The number of hydrogen-bond acceptors (Lipinski definition) is 6. The van der Waals surface area contributed by atoms with E-state index in [1.807, 2.05) is 61.7 Å². The standard InChI is InChI=1S/C24H37N3O4S2/c1-3-13-27(14-4-2)33(30,31)16-12-24(29)26-22(17-21-11-8-15-32-21)23(28)19-25-18-20-9-6-5-7-10-20/h5-11,15,22-23,25,28H,3-4,12-14,16-19H2,1-2H3,(H,26,29)/t22-,23+/m0/s1. The summed E-state index contributed by atoms with van der Waals surface area (Å²) < 4.78 is 26.8. The molecule has 7 nitrogen and oxygen atoms in total. The van der Waals surface area contributed by atoms with Crippen molar-refractivity contribution in [2.45, 2.75) is 58.2 Å². The van der Waals surface area contributed by atoms with E-state index in [1.54, 1.807) is 11.3 Å². The van der Waals surface area contributed by atoms with Gasteiger partial charge in [0.05, 0.1) is 17.9 Å². The molecule has 0 spiro atoms. The summed E-state index contributed by atoms with van der Waals surface area (Å²) >= 11 is 1.56. The zero-order chi connectivity index (χ0) is 24.1. The SMILES string of the molecule is CCCN(CCC)S(=O)(=O)CCC(=O)N[C@@H](Cc1cccs1)[C@H](O)CNCc1ccccc1. The molecule has 1 heterocycles. The highest BCUT2D eigenvalue weighted by Gasteiger charge is 2.25. The number of thiophene rings is 1. The summed E-state index contributed by atoms with van der Waals surface area (Å²) in [5.41, 5.74) is 1.11. The minimum absolute atomic E-state index is 0.128. The molecule has 1 aromatic carbocycles. The fourth-order valence-corrected chi connectivity index (χ4v) is 5.94. The number of sulfonamides is 1. The van der Waals surface area contributed by atoms with Crippen molar-refractivity contribution in [2.24, 2.45) is 0 Å². The maximum Gasteiger partial charge on any atom is 0.221 e. The van der Waals surface area contributed by atoms with Crippen LogP contribution >= 0.6 is 11.3 Å². The van der Waals surface area contributed by atoms with Gasteiger partial charge in [-0.05, 0) is 29.9 Å². The maximum absolute atomic E-state index is 12.7. The van der Waals surface area contributed by atoms with Gasteiger partial charge in [0.15, 0.2) is 0 Å². The van der Waals surface area contributed by atoms with Crippen molar-refractivity contribution in [3.05, 3.63) is 58.3 Å². The Kier molecular flexibility index (Phi) is 12.0. The van der Waals surface area contributed by atoms with Gasteiger partial charge < -0.3 is 15.7 Å². The van der Waals surface area contributed by atoms with Crippen molar-refractivity contribution in [1.29, 1.82) is 0 Å². The number of rotatable bonds is 16. The van der Waals surface area contributed by atoms with Gasteiger partial charge in [-0.25, -0.2) is 12.7 Å². The Bertz CT molecular complexity index is 899. The number of aliphatic hydroxyl groups is 1. The lowest BCUT2D eigenvalue weighted by Gasteiger charge is -2.25. The van der Waals surface area contributed by atoms with Crippen molar-refractivity contribution >= 4 is 27.3 Å². The van der Waals surface area contributed by atoms with E-state index < -0.39 is 22.2 Å². The second-order valence-corrected chi connectivity index (χ2v) is 11.2. The van der Waals surface area contributed by atoms with Crippen molar-refractivity contribution in [3.63, 3.8) is 0 Å². The third kappa shape index (κ3) is 9.93. The van der Waals surface area contributed by atoms with Gasteiger partial charge in [-0.2, -0.15) is 0 Å². The lowest BCUT2D eigenvalue weighted by atomic mass is 10.1. The molecule has 9 heteroatoms. The second-order valence-electron chi connectivity index (χ2n) is 8.11. The van der Waals surface area contributed by atoms with Gasteiger partial charge in [-0.3, -0.25) is 4.79 Å². The van der Waals surface area contributed by atoms with Crippen LogP contribution < -0.4 is 10.6 Å². The molecular weight excluding hydrogens is 458 g/mol. The van der Waals surface area contributed by atoms with Crippen molar-refractivity contribution in [1.82, 2.24) is 14.9 Å². The van der Waals surface area contributed by atoms with Crippen LogP contribution in [0, 0.1) is 0 Å². The minimum Gasteiger partial charge on any atom is -0.390 e. The molecule has 1 aromatic heterocycles. The van der Waals surface area contributed by atoms with Crippen molar-refractivity contribution < 1.29 is 18.3 Å². The fourth-order valence-electron chi connectivity index (χ4n) is 3.55. The first-order valence-electron chi connectivity index (χ1n) is 11.6. The lowest BCUT2D eigenvalue weighted by Crippen LogP contribution is -2.49. The molecule has 0 aliphatic rings. The normalized spacial score (nSPS) is 13.7. The van der Waals surface area contributed by atoms with Gasteiger partial charge in [0.2, 0.25) is 15.9 Å². The Balaban J connectivity index is 1.93. The second kappa shape index (κ2) is 14.5. The van der Waals surface area contributed by atoms with Crippen LogP contribution in [0.1, 0.15) is 43.6 Å². The third-order valence-electron chi connectivity index (χ3n) is 5.26. The average molecular weight is 496 g/mol. The molecule has 0 bridgehead atoms. The molecule has 0 fully saturated rings. The first-order valence-corrected chi connectivity index (χ1v) is 14.1. The fraction of sp³-hybridized carbons (Fsp3) is 0.542. The largest absolute Gasteiger partial charge is 0.390 e. The maximum atomic E-state index is 12.7. The number of carbonyl (C=O) groups excluding carboxylic acids is 1. The van der Waals surface area contributed by atoms with Crippen LogP contribution in [0.25, 0.3) is 0 Å². The van der Waals surface area contributed by atoms with Crippen molar-refractivity contribution in [3.8, 4) is 0 Å². The quantitative estimate of drug-likeness (QED) is 0.333. The number of hydrogen-bond donors (Lipinski definition) is 3. The van der Waals surface area contributed by atoms with Crippen LogP contribution in [0.4, 0.5) is 0 Å². The molecule has 0 aliphatic carbocycles. The number of nitrogens with zero attached hydrogens (tertiary/aromatic N) is 1. The molecule has 0 saturated heterocycles. The molecule has 0 aliphatic heterocycles. The topological polar surface area (TPSA) is 98.7 Å². The van der Waals surface area contributed by atoms with Crippen molar-refractivity contribution in [2.75, 3.05) is 25.4 Å². The van der Waals surface area contributed by atoms with Gasteiger partial charge in [0.25, 0.3) is 0 Å². The van der Waals surface area contributed by atoms with E-state index >= 15 is 0 Å². The molecule has 0 radical (unpaired) electrons. The molecule has 0 saturated carbocycles. The van der Waals surface area contributed by atoms with Crippen LogP contribution in [0.15, 0.2) is 47.8 Å². The monoisotopic (exact) mass is 495 g/mol. The molecule has 2 rings (SSSR count). The van der Waals surface area contributed by atoms with E-state index in [9.17, 15) is 18.3 Å². The Hall–Kier alpha value is -1.78. The summed E-state index contributed by atoms with van der Waals surface area (Å²) in [5, 5.41) is 18.9. The Morgan fingerprint density at radius 3 is 2.39 bits per heavy atom. The Morgan fingerprint density at radius 1 is 1.09 bits per heavy atom. The third-order valence-corrected chi connectivity index (χ3v) is 8.03. The van der Waals surface area contributed by atoms with E-state index in [-0.39, 0.29) is 18.1 Å². The number of nitrogens with one attached hydrogen (secondary N) is 2. The number of carbonyl (C=O) groups is 1. The van der Waals surface area contributed by atoms with E-state index in [0.29, 0.717) is 32.6 Å². The molecule has 2 aromatic rings. The first-order chi connectivity index (χ1) is 15.9. The zero-order valence-electron chi connectivity index (χ0n) is 19.6. The number of benzene rings is 1. The summed E-state index contributed by atoms with van der Waals surface area (Å²) in [6.45, 7) is 5.72. The first kappa shape index (κ1) is 27.5. The van der Waals surface area contributed by atoms with Crippen LogP contribution in [0.2, 0.25) is 0 Å². The van der Waals surface area contributed by atoms with Gasteiger partial charge in [0, 0.05) is 43.9 Å².